The minimum atomic E-state index is -0.670. The van der Waals surface area contributed by atoms with Crippen molar-refractivity contribution < 1.29 is 19.1 Å². The molecular formula is C33H46N6O4S. The Labute approximate surface area is 265 Å². The lowest BCUT2D eigenvalue weighted by molar-refractivity contribution is -0.152. The van der Waals surface area contributed by atoms with Crippen molar-refractivity contribution in [2.75, 3.05) is 31.6 Å². The maximum Gasteiger partial charge on any atom is 0.328 e. The van der Waals surface area contributed by atoms with Crippen molar-refractivity contribution in [1.29, 1.82) is 5.26 Å². The number of amides is 2. The van der Waals surface area contributed by atoms with Gasteiger partial charge >= 0.3 is 5.97 Å². The number of likely N-dealkylation sites (tertiary alicyclic amines) is 2. The number of esters is 1. The molecule has 10 nitrogen and oxygen atoms in total. The molecule has 2 aliphatic heterocycles. The molecule has 44 heavy (non-hydrogen) atoms. The Morgan fingerprint density at radius 1 is 1.18 bits per heavy atom. The second-order valence-electron chi connectivity index (χ2n) is 12.1. The number of nitriles is 1. The van der Waals surface area contributed by atoms with E-state index in [0.29, 0.717) is 31.6 Å². The highest BCUT2D eigenvalue weighted by atomic mass is 32.2. The van der Waals surface area contributed by atoms with Crippen LogP contribution in [0.15, 0.2) is 36.8 Å². The Hall–Kier alpha value is -3.36. The van der Waals surface area contributed by atoms with E-state index in [-0.39, 0.29) is 48.3 Å². The Morgan fingerprint density at radius 2 is 1.95 bits per heavy atom. The molecule has 1 N–H and O–H groups in total. The van der Waals surface area contributed by atoms with Gasteiger partial charge in [0.15, 0.2) is 0 Å². The van der Waals surface area contributed by atoms with E-state index in [1.54, 1.807) is 36.4 Å². The van der Waals surface area contributed by atoms with Crippen LogP contribution in [0.2, 0.25) is 0 Å². The van der Waals surface area contributed by atoms with Gasteiger partial charge in [-0.1, -0.05) is 25.5 Å². The van der Waals surface area contributed by atoms with Crippen LogP contribution in [-0.4, -0.2) is 93.0 Å². The predicted molar refractivity (Wildman–Crippen MR) is 171 cm³/mol. The molecule has 2 amide bonds. The molecule has 0 saturated carbocycles. The van der Waals surface area contributed by atoms with E-state index in [0.717, 1.165) is 49.2 Å². The summed E-state index contributed by atoms with van der Waals surface area (Å²) in [5.41, 5.74) is 2.49. The first-order valence-electron chi connectivity index (χ1n) is 15.7. The van der Waals surface area contributed by atoms with Crippen molar-refractivity contribution in [2.24, 2.45) is 5.92 Å². The number of benzene rings is 1. The molecule has 0 radical (unpaired) electrons. The normalized spacial score (nSPS) is 20.9. The van der Waals surface area contributed by atoms with E-state index >= 15 is 0 Å². The maximum absolute atomic E-state index is 13.7. The Balaban J connectivity index is 1.40. The van der Waals surface area contributed by atoms with Crippen LogP contribution in [0.1, 0.15) is 69.7 Å². The fourth-order valence-corrected chi connectivity index (χ4v) is 6.87. The SMILES string of the molecule is CC[C@H]1CCN(C[C@@H]2CCCN2C(=O)Cc2cncn2Cc2ccc(C#N)cc2)[C@@H]1C(=O)N[C@H](CCSC)C(=O)OC(C)C. The summed E-state index contributed by atoms with van der Waals surface area (Å²) in [4.78, 5) is 48.7. The van der Waals surface area contributed by atoms with E-state index in [4.69, 9.17) is 10.00 Å². The van der Waals surface area contributed by atoms with E-state index in [1.165, 1.54) is 0 Å². The molecule has 2 fully saturated rings. The Morgan fingerprint density at radius 3 is 2.64 bits per heavy atom. The molecule has 1 aromatic carbocycles. The molecule has 4 atom stereocenters. The number of nitrogens with one attached hydrogen (secondary N) is 1. The second kappa shape index (κ2) is 16.1. The van der Waals surface area contributed by atoms with Gasteiger partial charge in [-0.3, -0.25) is 14.5 Å². The molecule has 2 aliphatic rings. The maximum atomic E-state index is 13.7. The van der Waals surface area contributed by atoms with E-state index in [9.17, 15) is 14.4 Å². The number of hydrogen-bond acceptors (Lipinski definition) is 8. The minimum Gasteiger partial charge on any atom is -0.461 e. The average molecular weight is 623 g/mol. The molecule has 2 aromatic rings. The topological polar surface area (TPSA) is 121 Å². The third kappa shape index (κ3) is 8.63. The molecule has 0 bridgehead atoms. The van der Waals surface area contributed by atoms with Crippen molar-refractivity contribution >= 4 is 29.5 Å². The lowest BCUT2D eigenvalue weighted by Gasteiger charge is -2.33. The van der Waals surface area contributed by atoms with E-state index in [2.05, 4.69) is 28.2 Å². The Bertz CT molecular complexity index is 1310. The number of aromatic nitrogens is 2. The average Bonchev–Trinajstić information content (AvgIpc) is 3.75. The molecule has 4 rings (SSSR count). The van der Waals surface area contributed by atoms with Gasteiger partial charge in [0.1, 0.15) is 6.04 Å². The lowest BCUT2D eigenvalue weighted by atomic mass is 9.96. The zero-order valence-electron chi connectivity index (χ0n) is 26.4. The molecule has 0 unspecified atom stereocenters. The zero-order valence-corrected chi connectivity index (χ0v) is 27.2. The summed E-state index contributed by atoms with van der Waals surface area (Å²) in [6.45, 7) is 8.44. The molecule has 3 heterocycles. The van der Waals surface area contributed by atoms with Crippen molar-refractivity contribution in [1.82, 2.24) is 24.7 Å². The highest BCUT2D eigenvalue weighted by molar-refractivity contribution is 7.98. The Kier molecular flexibility index (Phi) is 12.3. The number of hydrogen-bond donors (Lipinski definition) is 1. The van der Waals surface area contributed by atoms with Crippen molar-refractivity contribution in [3.63, 3.8) is 0 Å². The third-order valence-corrected chi connectivity index (χ3v) is 9.34. The fraction of sp³-hybridized carbons (Fsp3) is 0.606. The number of ether oxygens (including phenoxy) is 1. The van der Waals surface area contributed by atoms with Crippen molar-refractivity contribution in [2.45, 2.75) is 90.1 Å². The number of rotatable bonds is 14. The fourth-order valence-electron chi connectivity index (χ4n) is 6.40. The highest BCUT2D eigenvalue weighted by Gasteiger charge is 2.42. The van der Waals surface area contributed by atoms with Crippen LogP contribution in [0.3, 0.4) is 0 Å². The number of nitrogens with zero attached hydrogens (tertiary/aromatic N) is 5. The minimum absolute atomic E-state index is 0.0292. The van der Waals surface area contributed by atoms with Crippen LogP contribution >= 0.6 is 11.8 Å². The van der Waals surface area contributed by atoms with Crippen LogP contribution in [0.5, 0.6) is 0 Å². The van der Waals surface area contributed by atoms with Gasteiger partial charge in [0.05, 0.1) is 36.5 Å². The zero-order chi connectivity index (χ0) is 31.6. The van der Waals surface area contributed by atoms with Gasteiger partial charge in [0, 0.05) is 37.6 Å². The molecule has 11 heteroatoms. The van der Waals surface area contributed by atoms with Crippen molar-refractivity contribution in [3.8, 4) is 6.07 Å². The van der Waals surface area contributed by atoms with Gasteiger partial charge in [-0.05, 0) is 81.7 Å². The first-order chi connectivity index (χ1) is 21.2. The van der Waals surface area contributed by atoms with Crippen molar-refractivity contribution in [3.05, 3.63) is 53.6 Å². The van der Waals surface area contributed by atoms with Gasteiger partial charge < -0.3 is 19.5 Å². The van der Waals surface area contributed by atoms with Gasteiger partial charge in [-0.15, -0.1) is 0 Å². The summed E-state index contributed by atoms with van der Waals surface area (Å²) in [7, 11) is 0. The summed E-state index contributed by atoms with van der Waals surface area (Å²) in [5, 5.41) is 12.1. The molecule has 1 aromatic heterocycles. The smallest absolute Gasteiger partial charge is 0.328 e. The summed E-state index contributed by atoms with van der Waals surface area (Å²) in [6, 6.07) is 8.59. The van der Waals surface area contributed by atoms with Gasteiger partial charge in [0.2, 0.25) is 11.8 Å². The molecule has 0 aliphatic carbocycles. The lowest BCUT2D eigenvalue weighted by Crippen LogP contribution is -2.54. The summed E-state index contributed by atoms with van der Waals surface area (Å²) < 4.78 is 7.44. The largest absolute Gasteiger partial charge is 0.461 e. The standard InChI is InChI=1S/C33H46N6O4S/c1-5-26-12-15-37(31(26)32(41)36-29(13-16-44-4)33(42)43-23(2)3)21-27-7-6-14-39(27)30(40)17-28-19-35-22-38(28)20-25-10-8-24(18-34)9-11-25/h8-11,19,22-23,26-27,29,31H,5-7,12-17,20-21H2,1-4H3,(H,36,41)/t26-,27-,29+,31-/m0/s1. The molecule has 238 valence electrons. The highest BCUT2D eigenvalue weighted by Crippen LogP contribution is 2.30. The van der Waals surface area contributed by atoms with Crippen LogP contribution in [0.25, 0.3) is 0 Å². The number of thioether (sulfide) groups is 1. The number of carbonyl (C=O) groups excluding carboxylic acids is 3. The van der Waals surface area contributed by atoms with E-state index < -0.39 is 6.04 Å². The third-order valence-electron chi connectivity index (χ3n) is 8.69. The number of carbonyl (C=O) groups is 3. The summed E-state index contributed by atoms with van der Waals surface area (Å²) in [6.07, 6.45) is 9.61. The summed E-state index contributed by atoms with van der Waals surface area (Å²) >= 11 is 1.64. The predicted octanol–water partition coefficient (Wildman–Crippen LogP) is 3.63. The van der Waals surface area contributed by atoms with Crippen LogP contribution in [0, 0.1) is 17.2 Å². The second-order valence-corrected chi connectivity index (χ2v) is 13.1. The van der Waals surface area contributed by atoms with Gasteiger partial charge in [-0.25, -0.2) is 9.78 Å². The van der Waals surface area contributed by atoms with Crippen LogP contribution < -0.4 is 5.32 Å². The summed E-state index contributed by atoms with van der Waals surface area (Å²) in [5.74, 6) is 0.499. The molecule has 2 saturated heterocycles. The quantitative estimate of drug-likeness (QED) is 0.317. The number of imidazole rings is 1. The first-order valence-corrected chi connectivity index (χ1v) is 17.1. The first kappa shape index (κ1) is 33.5. The molecular weight excluding hydrogens is 576 g/mol. The van der Waals surface area contributed by atoms with E-state index in [1.807, 2.05) is 41.7 Å². The van der Waals surface area contributed by atoms with Gasteiger partial charge in [0.25, 0.3) is 0 Å². The van der Waals surface area contributed by atoms with Crippen LogP contribution in [-0.2, 0) is 32.1 Å². The van der Waals surface area contributed by atoms with Crippen LogP contribution in [0.4, 0.5) is 0 Å². The monoisotopic (exact) mass is 622 g/mol. The molecule has 0 spiro atoms. The van der Waals surface area contributed by atoms with Gasteiger partial charge in [-0.2, -0.15) is 17.0 Å².